The number of ether oxygens (including phenoxy) is 1. The van der Waals surface area contributed by atoms with Gasteiger partial charge in [-0.15, -0.1) is 11.3 Å². The number of nitrogens with zero attached hydrogens (tertiary/aromatic N) is 2. The molecule has 0 fully saturated rings. The molecule has 6 nitrogen and oxygen atoms in total. The Hall–Kier alpha value is -3.23. The fraction of sp³-hybridized carbons (Fsp3) is 0.240. The van der Waals surface area contributed by atoms with Gasteiger partial charge in [0.25, 0.3) is 0 Å². The van der Waals surface area contributed by atoms with Crippen LogP contribution < -0.4 is 10.6 Å². The monoisotopic (exact) mass is 476 g/mol. The van der Waals surface area contributed by atoms with Gasteiger partial charge >= 0.3 is 5.97 Å². The molecular formula is C25H24N4O2S2. The van der Waals surface area contributed by atoms with Crippen molar-refractivity contribution in [2.24, 2.45) is 0 Å². The van der Waals surface area contributed by atoms with Gasteiger partial charge in [0.1, 0.15) is 5.00 Å². The minimum atomic E-state index is -0.320. The van der Waals surface area contributed by atoms with Crippen molar-refractivity contribution in [1.82, 2.24) is 9.78 Å². The molecule has 1 aliphatic rings. The summed E-state index contributed by atoms with van der Waals surface area (Å²) in [5.74, 6) is 0.327. The van der Waals surface area contributed by atoms with Gasteiger partial charge in [0, 0.05) is 17.1 Å². The van der Waals surface area contributed by atoms with Crippen LogP contribution in [0.15, 0.2) is 54.7 Å². The zero-order valence-corrected chi connectivity index (χ0v) is 19.9. The second-order valence-corrected chi connectivity index (χ2v) is 9.54. The maximum Gasteiger partial charge on any atom is 0.341 e. The summed E-state index contributed by atoms with van der Waals surface area (Å²) in [5.41, 5.74) is 2.92. The number of hydrogen-bond acceptors (Lipinski definition) is 5. The van der Waals surface area contributed by atoms with E-state index < -0.39 is 0 Å². The number of thiophene rings is 1. The number of nitrogens with one attached hydrogen (secondary N) is 2. The Labute approximate surface area is 201 Å². The number of aromatic nitrogens is 2. The largest absolute Gasteiger partial charge is 0.465 e. The van der Waals surface area contributed by atoms with Crippen LogP contribution in [0, 0.1) is 0 Å². The summed E-state index contributed by atoms with van der Waals surface area (Å²) >= 11 is 7.11. The summed E-state index contributed by atoms with van der Waals surface area (Å²) in [5, 5.41) is 14.5. The van der Waals surface area contributed by atoms with Crippen LogP contribution in [-0.2, 0) is 24.1 Å². The average molecular weight is 477 g/mol. The number of hydrogen-bond donors (Lipinski definition) is 2. The third-order valence-electron chi connectivity index (χ3n) is 5.88. The van der Waals surface area contributed by atoms with E-state index in [1.165, 1.54) is 28.3 Å². The first-order valence-corrected chi connectivity index (χ1v) is 12.2. The molecule has 5 rings (SSSR count). The maximum atomic E-state index is 12.4. The Morgan fingerprint density at radius 1 is 1.12 bits per heavy atom. The van der Waals surface area contributed by atoms with Gasteiger partial charge in [-0.2, -0.15) is 5.10 Å². The van der Waals surface area contributed by atoms with Gasteiger partial charge in [0.05, 0.1) is 19.2 Å². The first-order valence-electron chi connectivity index (χ1n) is 10.9. The lowest BCUT2D eigenvalue weighted by Gasteiger charge is -2.12. The predicted octanol–water partition coefficient (Wildman–Crippen LogP) is 5.62. The van der Waals surface area contributed by atoms with Crippen LogP contribution in [0.1, 0.15) is 39.2 Å². The molecule has 0 saturated carbocycles. The predicted molar refractivity (Wildman–Crippen MR) is 137 cm³/mol. The normalized spacial score (nSPS) is 12.9. The molecule has 2 aromatic carbocycles. The number of thiocarbonyl (C=S) groups is 1. The Morgan fingerprint density at radius 2 is 1.94 bits per heavy atom. The highest BCUT2D eigenvalue weighted by Crippen LogP contribution is 2.38. The standard InChI is InChI=1S/C25H24N4O2S2/c1-31-24(30)22-19-11-4-5-12-20(19)33-23(22)27-25(32)26-21-13-14-29(28-21)15-17-9-6-8-16-7-2-3-10-18(16)17/h2-3,6-10,13-14H,4-5,11-12,15H2,1H3,(H2,26,27,28,32). The van der Waals surface area contributed by atoms with Crippen molar-refractivity contribution in [3.8, 4) is 0 Å². The van der Waals surface area contributed by atoms with Crippen LogP contribution in [0.2, 0.25) is 0 Å². The number of benzene rings is 2. The summed E-state index contributed by atoms with van der Waals surface area (Å²) in [6.07, 6.45) is 6.05. The SMILES string of the molecule is COC(=O)c1c(NC(=S)Nc2ccn(Cc3cccc4ccccc34)n2)sc2c1CCCC2. The Bertz CT molecular complexity index is 1340. The van der Waals surface area contributed by atoms with E-state index in [1.807, 2.05) is 23.0 Å². The lowest BCUT2D eigenvalue weighted by atomic mass is 9.95. The number of carbonyl (C=O) groups excluding carboxylic acids is 1. The summed E-state index contributed by atoms with van der Waals surface area (Å²) in [6, 6.07) is 16.5. The van der Waals surface area contributed by atoms with E-state index in [1.54, 1.807) is 11.3 Å². The number of aryl methyl sites for hydroxylation is 1. The molecule has 0 atom stereocenters. The summed E-state index contributed by atoms with van der Waals surface area (Å²) in [7, 11) is 1.41. The van der Waals surface area contributed by atoms with E-state index in [-0.39, 0.29) is 5.97 Å². The van der Waals surface area contributed by atoms with E-state index >= 15 is 0 Å². The molecule has 0 aliphatic heterocycles. The second kappa shape index (κ2) is 9.33. The van der Waals surface area contributed by atoms with Gasteiger partial charge in [-0.05, 0) is 59.8 Å². The molecule has 2 N–H and O–H groups in total. The molecule has 0 radical (unpaired) electrons. The van der Waals surface area contributed by atoms with Crippen molar-refractivity contribution in [2.45, 2.75) is 32.2 Å². The van der Waals surface area contributed by atoms with Crippen LogP contribution >= 0.6 is 23.6 Å². The number of anilines is 2. The Kier molecular flexibility index (Phi) is 6.11. The lowest BCUT2D eigenvalue weighted by Crippen LogP contribution is -2.20. The van der Waals surface area contributed by atoms with Crippen molar-refractivity contribution in [3.05, 3.63) is 76.3 Å². The molecule has 0 amide bonds. The quantitative estimate of drug-likeness (QED) is 0.288. The average Bonchev–Trinajstić information content (AvgIpc) is 3.42. The minimum Gasteiger partial charge on any atom is -0.465 e. The summed E-state index contributed by atoms with van der Waals surface area (Å²) in [6.45, 7) is 0.660. The molecule has 0 unspecified atom stereocenters. The van der Waals surface area contributed by atoms with E-state index in [4.69, 9.17) is 17.0 Å². The third-order valence-corrected chi connectivity index (χ3v) is 7.29. The number of rotatable bonds is 5. The zero-order valence-electron chi connectivity index (χ0n) is 18.3. The summed E-state index contributed by atoms with van der Waals surface area (Å²) in [4.78, 5) is 13.7. The zero-order chi connectivity index (χ0) is 22.8. The highest BCUT2D eigenvalue weighted by Gasteiger charge is 2.26. The van der Waals surface area contributed by atoms with Gasteiger partial charge in [-0.1, -0.05) is 42.5 Å². The third kappa shape index (κ3) is 4.49. The van der Waals surface area contributed by atoms with Crippen LogP contribution in [0.5, 0.6) is 0 Å². The highest BCUT2D eigenvalue weighted by atomic mass is 32.1. The highest BCUT2D eigenvalue weighted by molar-refractivity contribution is 7.80. The molecule has 0 spiro atoms. The van der Waals surface area contributed by atoms with Gasteiger partial charge < -0.3 is 15.4 Å². The summed E-state index contributed by atoms with van der Waals surface area (Å²) < 4.78 is 6.93. The molecule has 0 bridgehead atoms. The van der Waals surface area contributed by atoms with Crippen LogP contribution in [-0.4, -0.2) is 28.0 Å². The smallest absolute Gasteiger partial charge is 0.341 e. The van der Waals surface area contributed by atoms with E-state index in [0.717, 1.165) is 36.2 Å². The van der Waals surface area contributed by atoms with E-state index in [2.05, 4.69) is 52.1 Å². The lowest BCUT2D eigenvalue weighted by molar-refractivity contribution is 0.0601. The molecule has 2 aromatic heterocycles. The first kappa shape index (κ1) is 21.6. The fourth-order valence-corrected chi connectivity index (χ4v) is 5.90. The van der Waals surface area contributed by atoms with Crippen molar-refractivity contribution in [3.63, 3.8) is 0 Å². The number of fused-ring (bicyclic) bond motifs is 2. The Morgan fingerprint density at radius 3 is 2.82 bits per heavy atom. The van der Waals surface area contributed by atoms with E-state index in [9.17, 15) is 4.79 Å². The van der Waals surface area contributed by atoms with Crippen molar-refractivity contribution < 1.29 is 9.53 Å². The van der Waals surface area contributed by atoms with E-state index in [0.29, 0.717) is 23.0 Å². The molecular weight excluding hydrogens is 452 g/mol. The van der Waals surface area contributed by atoms with Crippen molar-refractivity contribution in [1.29, 1.82) is 0 Å². The second-order valence-electron chi connectivity index (χ2n) is 8.02. The van der Waals surface area contributed by atoms with Gasteiger partial charge in [0.2, 0.25) is 0 Å². The van der Waals surface area contributed by atoms with Crippen LogP contribution in [0.3, 0.4) is 0 Å². The number of methoxy groups -OCH3 is 1. The van der Waals surface area contributed by atoms with Crippen molar-refractivity contribution >= 4 is 56.2 Å². The minimum absolute atomic E-state index is 0.320. The first-order chi connectivity index (χ1) is 16.1. The molecule has 1 aliphatic carbocycles. The van der Waals surface area contributed by atoms with Crippen molar-refractivity contribution in [2.75, 3.05) is 17.7 Å². The van der Waals surface area contributed by atoms with Crippen LogP contribution in [0.4, 0.5) is 10.8 Å². The topological polar surface area (TPSA) is 68.2 Å². The van der Waals surface area contributed by atoms with Gasteiger partial charge in [0.15, 0.2) is 10.9 Å². The molecule has 168 valence electrons. The molecule has 0 saturated heterocycles. The van der Waals surface area contributed by atoms with Gasteiger partial charge in [-0.25, -0.2) is 4.79 Å². The maximum absolute atomic E-state index is 12.4. The fourth-order valence-electron chi connectivity index (χ4n) is 4.34. The molecule has 33 heavy (non-hydrogen) atoms. The number of esters is 1. The Balaban J connectivity index is 1.30. The molecule has 2 heterocycles. The number of carbonyl (C=O) groups is 1. The molecule has 8 heteroatoms. The molecule has 4 aromatic rings. The van der Waals surface area contributed by atoms with Gasteiger partial charge in [-0.3, -0.25) is 4.68 Å². The van der Waals surface area contributed by atoms with Crippen LogP contribution in [0.25, 0.3) is 10.8 Å².